The number of nitrogens with one attached hydrogen (secondary N) is 1. The van der Waals surface area contributed by atoms with E-state index in [2.05, 4.69) is 15.3 Å². The Morgan fingerprint density at radius 2 is 1.83 bits per heavy atom. The van der Waals surface area contributed by atoms with Crippen molar-refractivity contribution >= 4 is 34.4 Å². The molecule has 1 fully saturated rings. The Balaban J connectivity index is 1.39. The van der Waals surface area contributed by atoms with Gasteiger partial charge in [0.25, 0.3) is 0 Å². The Kier molecular flexibility index (Phi) is 8.57. The van der Waals surface area contributed by atoms with Crippen LogP contribution in [0.1, 0.15) is 17.7 Å². The molecule has 1 aliphatic heterocycles. The first-order chi connectivity index (χ1) is 17.6. The summed E-state index contributed by atoms with van der Waals surface area (Å²) in [7, 11) is 3.18. The van der Waals surface area contributed by atoms with Crippen molar-refractivity contribution in [3.63, 3.8) is 0 Å². The van der Waals surface area contributed by atoms with Crippen LogP contribution in [-0.4, -0.2) is 52.9 Å². The third-order valence-corrected chi connectivity index (χ3v) is 6.78. The molecular formula is C27H28N4O4S. The fourth-order valence-electron chi connectivity index (χ4n) is 3.76. The first-order valence-corrected chi connectivity index (χ1v) is 12.4. The predicted molar refractivity (Wildman–Crippen MR) is 141 cm³/mol. The van der Waals surface area contributed by atoms with Crippen LogP contribution >= 0.6 is 11.8 Å². The third kappa shape index (κ3) is 6.42. The number of rotatable bonds is 10. The molecule has 4 rings (SSSR count). The molecule has 2 aromatic carbocycles. The average molecular weight is 505 g/mol. The second-order valence-corrected chi connectivity index (χ2v) is 9.25. The molecule has 1 aliphatic rings. The van der Waals surface area contributed by atoms with E-state index in [1.807, 2.05) is 66.7 Å². The summed E-state index contributed by atoms with van der Waals surface area (Å²) in [6, 6.07) is 20.7. The lowest BCUT2D eigenvalue weighted by atomic mass is 10.1. The molecule has 3 aromatic rings. The number of carbonyl (C=O) groups is 2. The van der Waals surface area contributed by atoms with Crippen LogP contribution in [0, 0.1) is 0 Å². The molecule has 36 heavy (non-hydrogen) atoms. The molecule has 8 nitrogen and oxygen atoms in total. The highest BCUT2D eigenvalue weighted by atomic mass is 32.2. The molecule has 0 radical (unpaired) electrons. The van der Waals surface area contributed by atoms with Crippen LogP contribution in [0.4, 0.5) is 5.69 Å². The van der Waals surface area contributed by atoms with Crippen LogP contribution in [0.25, 0.3) is 0 Å². The summed E-state index contributed by atoms with van der Waals surface area (Å²) in [5.74, 6) is 0.980. The number of para-hydroxylation sites is 1. The fraction of sp³-hybridized carbons (Fsp3) is 0.259. The quantitative estimate of drug-likeness (QED) is 0.449. The number of benzene rings is 2. The van der Waals surface area contributed by atoms with E-state index in [-0.39, 0.29) is 18.2 Å². The Hall–Kier alpha value is -3.85. The van der Waals surface area contributed by atoms with Crippen molar-refractivity contribution in [2.45, 2.75) is 24.6 Å². The zero-order valence-electron chi connectivity index (χ0n) is 20.2. The third-order valence-electron chi connectivity index (χ3n) is 5.60. The van der Waals surface area contributed by atoms with Crippen molar-refractivity contribution in [2.75, 3.05) is 20.8 Å². The number of hydrogen-bond donors (Lipinski definition) is 1. The van der Waals surface area contributed by atoms with Crippen LogP contribution in [0.3, 0.4) is 0 Å². The SMILES string of the molecule is COc1ccc(CCNC(=O)C[C@@H]2SC(=Nc3ccccc3)N(Cc3ccccn3)C2=O)cc1OC. The van der Waals surface area contributed by atoms with Gasteiger partial charge in [0.2, 0.25) is 11.8 Å². The van der Waals surface area contributed by atoms with Crippen LogP contribution in [0.2, 0.25) is 0 Å². The van der Waals surface area contributed by atoms with Gasteiger partial charge in [-0.1, -0.05) is 42.1 Å². The molecule has 0 unspecified atom stereocenters. The maximum absolute atomic E-state index is 13.3. The van der Waals surface area contributed by atoms with Crippen LogP contribution in [-0.2, 0) is 22.6 Å². The van der Waals surface area contributed by atoms with Gasteiger partial charge in [-0.3, -0.25) is 19.5 Å². The molecule has 9 heteroatoms. The van der Waals surface area contributed by atoms with Gasteiger partial charge in [0.05, 0.1) is 32.1 Å². The van der Waals surface area contributed by atoms with E-state index in [1.165, 1.54) is 11.8 Å². The molecule has 1 N–H and O–H groups in total. The number of aliphatic imine (C=N–C) groups is 1. The molecule has 0 spiro atoms. The molecule has 1 aromatic heterocycles. The molecule has 0 bridgehead atoms. The van der Waals surface area contributed by atoms with E-state index in [9.17, 15) is 9.59 Å². The van der Waals surface area contributed by atoms with E-state index in [0.717, 1.165) is 16.9 Å². The summed E-state index contributed by atoms with van der Waals surface area (Å²) in [6.07, 6.45) is 2.40. The van der Waals surface area contributed by atoms with E-state index < -0.39 is 5.25 Å². The largest absolute Gasteiger partial charge is 0.493 e. The molecule has 1 saturated heterocycles. The summed E-state index contributed by atoms with van der Waals surface area (Å²) >= 11 is 1.32. The van der Waals surface area contributed by atoms with E-state index in [0.29, 0.717) is 36.2 Å². The molecule has 0 aliphatic carbocycles. The molecule has 186 valence electrons. The van der Waals surface area contributed by atoms with Gasteiger partial charge in [-0.2, -0.15) is 0 Å². The first kappa shape index (κ1) is 25.2. The highest BCUT2D eigenvalue weighted by Crippen LogP contribution is 2.32. The monoisotopic (exact) mass is 504 g/mol. The van der Waals surface area contributed by atoms with Gasteiger partial charge in [-0.15, -0.1) is 0 Å². The number of hydrogen-bond acceptors (Lipinski definition) is 7. The van der Waals surface area contributed by atoms with Crippen LogP contribution in [0.15, 0.2) is 77.9 Å². The number of nitrogens with zero attached hydrogens (tertiary/aromatic N) is 3. The number of amides is 2. The smallest absolute Gasteiger partial charge is 0.243 e. The van der Waals surface area contributed by atoms with Crippen molar-refractivity contribution in [1.82, 2.24) is 15.2 Å². The van der Waals surface area contributed by atoms with E-state index >= 15 is 0 Å². The Morgan fingerprint density at radius 1 is 1.06 bits per heavy atom. The Bertz CT molecular complexity index is 1220. The second kappa shape index (κ2) is 12.2. The molecule has 1 atom stereocenters. The lowest BCUT2D eigenvalue weighted by molar-refractivity contribution is -0.129. The number of carbonyl (C=O) groups excluding carboxylic acids is 2. The number of thioether (sulfide) groups is 1. The first-order valence-electron chi connectivity index (χ1n) is 11.6. The normalized spacial score (nSPS) is 16.3. The lowest BCUT2D eigenvalue weighted by Crippen LogP contribution is -2.35. The minimum atomic E-state index is -0.544. The zero-order valence-corrected chi connectivity index (χ0v) is 21.0. The maximum atomic E-state index is 13.3. The van der Waals surface area contributed by atoms with Crippen molar-refractivity contribution in [2.24, 2.45) is 4.99 Å². The summed E-state index contributed by atoms with van der Waals surface area (Å²) in [6.45, 7) is 0.748. The maximum Gasteiger partial charge on any atom is 0.243 e. The predicted octanol–water partition coefficient (Wildman–Crippen LogP) is 3.98. The number of methoxy groups -OCH3 is 2. The second-order valence-electron chi connectivity index (χ2n) is 8.08. The van der Waals surface area contributed by atoms with Crippen molar-refractivity contribution < 1.29 is 19.1 Å². The molecule has 0 saturated carbocycles. The van der Waals surface area contributed by atoms with Gasteiger partial charge in [0.15, 0.2) is 16.7 Å². The summed E-state index contributed by atoms with van der Waals surface area (Å²) < 4.78 is 10.6. The zero-order chi connectivity index (χ0) is 25.3. The van der Waals surface area contributed by atoms with Gasteiger partial charge in [0.1, 0.15) is 5.25 Å². The lowest BCUT2D eigenvalue weighted by Gasteiger charge is -2.16. The Morgan fingerprint density at radius 3 is 2.56 bits per heavy atom. The average Bonchev–Trinajstić information content (AvgIpc) is 3.18. The van der Waals surface area contributed by atoms with Gasteiger partial charge < -0.3 is 14.8 Å². The topological polar surface area (TPSA) is 93.1 Å². The number of ether oxygens (including phenoxy) is 2. The Labute approximate surface area is 214 Å². The minimum Gasteiger partial charge on any atom is -0.493 e. The van der Waals surface area contributed by atoms with Crippen LogP contribution < -0.4 is 14.8 Å². The summed E-state index contributed by atoms with van der Waals surface area (Å²) in [5.41, 5.74) is 2.52. The number of amidine groups is 1. The standard InChI is InChI=1S/C27H28N4O4S/c1-34-22-12-11-19(16-23(22)35-2)13-15-29-25(32)17-24-26(33)31(18-21-10-6-7-14-28-21)27(36-24)30-20-8-4-3-5-9-20/h3-12,14,16,24H,13,15,17-18H2,1-2H3,(H,29,32)/t24-/m0/s1. The number of aromatic nitrogens is 1. The highest BCUT2D eigenvalue weighted by molar-refractivity contribution is 8.15. The van der Waals surface area contributed by atoms with Gasteiger partial charge in [-0.25, -0.2) is 4.99 Å². The van der Waals surface area contributed by atoms with Crippen LogP contribution in [0.5, 0.6) is 11.5 Å². The van der Waals surface area contributed by atoms with Gasteiger partial charge >= 0.3 is 0 Å². The fourth-order valence-corrected chi connectivity index (χ4v) is 4.92. The molecular weight excluding hydrogens is 476 g/mol. The molecule has 2 amide bonds. The summed E-state index contributed by atoms with van der Waals surface area (Å²) in [5, 5.41) is 2.95. The van der Waals surface area contributed by atoms with Crippen molar-refractivity contribution in [1.29, 1.82) is 0 Å². The van der Waals surface area contributed by atoms with E-state index in [4.69, 9.17) is 9.47 Å². The molecule has 2 heterocycles. The van der Waals surface area contributed by atoms with E-state index in [1.54, 1.807) is 25.3 Å². The van der Waals surface area contributed by atoms with Crippen molar-refractivity contribution in [3.05, 3.63) is 84.2 Å². The highest BCUT2D eigenvalue weighted by Gasteiger charge is 2.39. The number of pyridine rings is 1. The summed E-state index contributed by atoms with van der Waals surface area (Å²) in [4.78, 5) is 36.6. The minimum absolute atomic E-state index is 0.0714. The van der Waals surface area contributed by atoms with Crippen molar-refractivity contribution in [3.8, 4) is 11.5 Å². The van der Waals surface area contributed by atoms with Gasteiger partial charge in [0, 0.05) is 19.2 Å². The van der Waals surface area contributed by atoms with Gasteiger partial charge in [-0.05, 0) is 48.4 Å².